The SMILES string of the molecule is Cc1ccc(S(=O)(=O)N(CC(=O)N(Cc2ccccc2Cl)[C@@H](Cc2ccccc2)C(=O)NC(C)C)c2cccc(Cl)c2Cl)cc1. The lowest BCUT2D eigenvalue weighted by molar-refractivity contribution is -0.140. The number of halogens is 3. The first-order valence-electron chi connectivity index (χ1n) is 14.3. The standard InChI is InChI=1S/C34H34Cl3N3O4S/c1-23(2)38-34(42)31(20-25-10-5-4-6-11-25)39(21-26-12-7-8-13-28(26)35)32(41)22-40(30-15-9-14-29(36)33(30)37)45(43,44)27-18-16-24(3)17-19-27/h4-19,23,31H,20-22H2,1-3H3,(H,38,42)/t31-/m0/s1. The third-order valence-electron chi connectivity index (χ3n) is 7.09. The molecule has 2 amide bonds. The van der Waals surface area contributed by atoms with Crippen LogP contribution in [0.1, 0.15) is 30.5 Å². The Morgan fingerprint density at radius 1 is 0.800 bits per heavy atom. The fourth-order valence-electron chi connectivity index (χ4n) is 4.78. The summed E-state index contributed by atoms with van der Waals surface area (Å²) in [6.45, 7) is 4.78. The van der Waals surface area contributed by atoms with Crippen LogP contribution in [0.3, 0.4) is 0 Å². The molecule has 45 heavy (non-hydrogen) atoms. The molecular weight excluding hydrogens is 653 g/mol. The summed E-state index contributed by atoms with van der Waals surface area (Å²) in [4.78, 5) is 29.6. The number of amides is 2. The summed E-state index contributed by atoms with van der Waals surface area (Å²) in [7, 11) is -4.33. The Hall–Kier alpha value is -3.56. The molecule has 0 bridgehead atoms. The van der Waals surface area contributed by atoms with Gasteiger partial charge in [-0.15, -0.1) is 0 Å². The summed E-state index contributed by atoms with van der Waals surface area (Å²) >= 11 is 19.4. The van der Waals surface area contributed by atoms with Gasteiger partial charge in [0.1, 0.15) is 12.6 Å². The van der Waals surface area contributed by atoms with E-state index in [0.717, 1.165) is 15.4 Å². The number of hydrogen-bond donors (Lipinski definition) is 1. The summed E-state index contributed by atoms with van der Waals surface area (Å²) < 4.78 is 29.3. The quantitative estimate of drug-likeness (QED) is 0.169. The molecule has 0 radical (unpaired) electrons. The van der Waals surface area contributed by atoms with Crippen LogP contribution in [0.4, 0.5) is 5.69 Å². The van der Waals surface area contributed by atoms with E-state index in [1.165, 1.54) is 29.2 Å². The maximum absolute atomic E-state index is 14.5. The Morgan fingerprint density at radius 3 is 2.07 bits per heavy atom. The lowest BCUT2D eigenvalue weighted by atomic mass is 10.0. The van der Waals surface area contributed by atoms with E-state index in [-0.39, 0.29) is 45.5 Å². The van der Waals surface area contributed by atoms with Crippen LogP contribution in [-0.4, -0.2) is 43.8 Å². The van der Waals surface area contributed by atoms with Crippen LogP contribution in [0.5, 0.6) is 0 Å². The lowest BCUT2D eigenvalue weighted by Gasteiger charge is -2.34. The van der Waals surface area contributed by atoms with Crippen LogP contribution < -0.4 is 9.62 Å². The summed E-state index contributed by atoms with van der Waals surface area (Å²) in [6.07, 6.45) is 0.179. The summed E-state index contributed by atoms with van der Waals surface area (Å²) in [5.74, 6) is -1.02. The minimum absolute atomic E-state index is 0.0290. The lowest BCUT2D eigenvalue weighted by Crippen LogP contribution is -2.54. The molecule has 0 heterocycles. The number of anilines is 1. The summed E-state index contributed by atoms with van der Waals surface area (Å²) in [6, 6.07) is 25.9. The highest BCUT2D eigenvalue weighted by Crippen LogP contribution is 2.36. The zero-order chi connectivity index (χ0) is 32.7. The van der Waals surface area contributed by atoms with E-state index < -0.39 is 28.5 Å². The molecule has 1 atom stereocenters. The third-order valence-corrected chi connectivity index (χ3v) is 10.0. The van der Waals surface area contributed by atoms with Gasteiger partial charge in [0, 0.05) is 24.0 Å². The number of rotatable bonds is 12. The molecule has 1 N–H and O–H groups in total. The largest absolute Gasteiger partial charge is 0.352 e. The molecule has 0 aromatic heterocycles. The Balaban J connectivity index is 1.85. The summed E-state index contributed by atoms with van der Waals surface area (Å²) in [5.41, 5.74) is 2.31. The first-order valence-corrected chi connectivity index (χ1v) is 16.9. The second-order valence-corrected chi connectivity index (χ2v) is 13.9. The molecule has 0 spiro atoms. The molecule has 4 aromatic rings. The zero-order valence-electron chi connectivity index (χ0n) is 25.1. The normalized spacial score (nSPS) is 12.1. The minimum Gasteiger partial charge on any atom is -0.352 e. The molecule has 0 fully saturated rings. The number of carbonyl (C=O) groups is 2. The Kier molecular flexibility index (Phi) is 11.6. The van der Waals surface area contributed by atoms with E-state index in [1.807, 2.05) is 51.1 Å². The van der Waals surface area contributed by atoms with Crippen LogP contribution >= 0.6 is 34.8 Å². The molecule has 0 saturated heterocycles. The molecular formula is C34H34Cl3N3O4S. The van der Waals surface area contributed by atoms with Crippen LogP contribution in [0.15, 0.2) is 102 Å². The number of hydrogen-bond acceptors (Lipinski definition) is 4. The van der Waals surface area contributed by atoms with Crippen molar-refractivity contribution >= 4 is 62.3 Å². The minimum atomic E-state index is -4.33. The highest BCUT2D eigenvalue weighted by molar-refractivity contribution is 7.92. The zero-order valence-corrected chi connectivity index (χ0v) is 28.2. The number of aryl methyl sites for hydroxylation is 1. The highest BCUT2D eigenvalue weighted by atomic mass is 35.5. The van der Waals surface area contributed by atoms with E-state index >= 15 is 0 Å². The van der Waals surface area contributed by atoms with Gasteiger partial charge in [0.2, 0.25) is 11.8 Å². The van der Waals surface area contributed by atoms with Crippen LogP contribution in [0.2, 0.25) is 15.1 Å². The fourth-order valence-corrected chi connectivity index (χ4v) is 6.85. The van der Waals surface area contributed by atoms with Crippen molar-refractivity contribution in [3.8, 4) is 0 Å². The topological polar surface area (TPSA) is 86.8 Å². The molecule has 0 aliphatic heterocycles. The smallest absolute Gasteiger partial charge is 0.264 e. The molecule has 0 unspecified atom stereocenters. The van der Waals surface area contributed by atoms with E-state index in [9.17, 15) is 18.0 Å². The number of nitrogens with zero attached hydrogens (tertiary/aromatic N) is 2. The number of nitrogens with one attached hydrogen (secondary N) is 1. The maximum atomic E-state index is 14.5. The highest BCUT2D eigenvalue weighted by Gasteiger charge is 2.36. The average Bonchev–Trinajstić information content (AvgIpc) is 3.00. The van der Waals surface area contributed by atoms with E-state index in [1.54, 1.807) is 42.5 Å². The van der Waals surface area contributed by atoms with Gasteiger partial charge in [-0.2, -0.15) is 0 Å². The van der Waals surface area contributed by atoms with Crippen molar-refractivity contribution in [2.45, 2.75) is 50.7 Å². The van der Waals surface area contributed by atoms with Crippen LogP contribution in [0.25, 0.3) is 0 Å². The molecule has 7 nitrogen and oxygen atoms in total. The first-order chi connectivity index (χ1) is 21.4. The predicted octanol–water partition coefficient (Wildman–Crippen LogP) is 7.32. The van der Waals surface area contributed by atoms with Gasteiger partial charge in [-0.1, -0.05) is 107 Å². The second-order valence-electron chi connectivity index (χ2n) is 10.9. The Labute approximate surface area is 279 Å². The van der Waals surface area contributed by atoms with Crippen molar-refractivity contribution in [2.75, 3.05) is 10.8 Å². The molecule has 0 aliphatic carbocycles. The van der Waals surface area contributed by atoms with Gasteiger partial charge in [-0.25, -0.2) is 8.42 Å². The molecule has 0 aliphatic rings. The Morgan fingerprint density at radius 2 is 1.42 bits per heavy atom. The fraction of sp³-hybridized carbons (Fsp3) is 0.235. The third kappa shape index (κ3) is 8.58. The van der Waals surface area contributed by atoms with Gasteiger partial charge in [0.15, 0.2) is 0 Å². The van der Waals surface area contributed by atoms with Gasteiger partial charge in [0.05, 0.1) is 20.6 Å². The van der Waals surface area contributed by atoms with Crippen LogP contribution in [-0.2, 0) is 32.6 Å². The van der Waals surface area contributed by atoms with Crippen molar-refractivity contribution in [1.29, 1.82) is 0 Å². The van der Waals surface area contributed by atoms with Crippen molar-refractivity contribution < 1.29 is 18.0 Å². The molecule has 236 valence electrons. The van der Waals surface area contributed by atoms with E-state index in [2.05, 4.69) is 5.32 Å². The van der Waals surface area contributed by atoms with Gasteiger partial charge in [-0.3, -0.25) is 13.9 Å². The van der Waals surface area contributed by atoms with Crippen molar-refractivity contribution in [3.63, 3.8) is 0 Å². The monoisotopic (exact) mass is 685 g/mol. The van der Waals surface area contributed by atoms with Gasteiger partial charge < -0.3 is 10.2 Å². The number of sulfonamides is 1. The first kappa shape index (κ1) is 34.3. The van der Waals surface area contributed by atoms with Crippen molar-refractivity contribution in [3.05, 3.63) is 129 Å². The molecule has 0 saturated carbocycles. The molecule has 4 aromatic carbocycles. The van der Waals surface area contributed by atoms with Crippen LogP contribution in [0, 0.1) is 6.92 Å². The van der Waals surface area contributed by atoms with Gasteiger partial charge >= 0.3 is 0 Å². The van der Waals surface area contributed by atoms with E-state index in [4.69, 9.17) is 34.8 Å². The molecule has 11 heteroatoms. The number of benzene rings is 4. The summed E-state index contributed by atoms with van der Waals surface area (Å²) in [5, 5.41) is 3.42. The van der Waals surface area contributed by atoms with Crippen molar-refractivity contribution in [2.24, 2.45) is 0 Å². The second kappa shape index (κ2) is 15.1. The molecule has 4 rings (SSSR count). The predicted molar refractivity (Wildman–Crippen MR) is 181 cm³/mol. The van der Waals surface area contributed by atoms with Gasteiger partial charge in [-0.05, 0) is 62.2 Å². The maximum Gasteiger partial charge on any atom is 0.264 e. The van der Waals surface area contributed by atoms with E-state index in [0.29, 0.717) is 10.6 Å². The number of carbonyl (C=O) groups excluding carboxylic acids is 2. The Bertz CT molecular complexity index is 1750. The average molecular weight is 687 g/mol. The van der Waals surface area contributed by atoms with Crippen molar-refractivity contribution in [1.82, 2.24) is 10.2 Å². The van der Waals surface area contributed by atoms with Gasteiger partial charge in [0.25, 0.3) is 10.0 Å².